The van der Waals surface area contributed by atoms with Gasteiger partial charge < -0.3 is 20.5 Å². The smallest absolute Gasteiger partial charge is 0.191 e. The molecular weight excluding hydrogens is 441 g/mol. The second-order valence-corrected chi connectivity index (χ2v) is 6.00. The Labute approximate surface area is 172 Å². The molecule has 5 nitrogen and oxygen atoms in total. The summed E-state index contributed by atoms with van der Waals surface area (Å²) in [7, 11) is 1.66. The SMILES string of the molecule is CCNC(=NCc1ccccc1OC)NCC(C)(O)c1ccccc1.I. The van der Waals surface area contributed by atoms with E-state index in [1.54, 1.807) is 14.0 Å². The summed E-state index contributed by atoms with van der Waals surface area (Å²) >= 11 is 0. The van der Waals surface area contributed by atoms with E-state index in [4.69, 9.17) is 4.74 Å². The summed E-state index contributed by atoms with van der Waals surface area (Å²) in [4.78, 5) is 4.59. The molecule has 3 N–H and O–H groups in total. The molecule has 1 unspecified atom stereocenters. The number of para-hydroxylation sites is 1. The highest BCUT2D eigenvalue weighted by atomic mass is 127. The minimum atomic E-state index is -0.984. The monoisotopic (exact) mass is 469 g/mol. The maximum absolute atomic E-state index is 10.7. The number of halogens is 1. The van der Waals surface area contributed by atoms with Crippen LogP contribution in [0, 0.1) is 0 Å². The molecule has 2 aromatic carbocycles. The lowest BCUT2D eigenvalue weighted by Crippen LogP contribution is -2.44. The van der Waals surface area contributed by atoms with Gasteiger partial charge in [-0.2, -0.15) is 0 Å². The van der Waals surface area contributed by atoms with Gasteiger partial charge in [0.1, 0.15) is 11.4 Å². The van der Waals surface area contributed by atoms with Crippen LogP contribution in [0.25, 0.3) is 0 Å². The number of rotatable bonds is 7. The molecule has 0 fully saturated rings. The molecule has 0 amide bonds. The van der Waals surface area contributed by atoms with Crippen LogP contribution in [0.3, 0.4) is 0 Å². The lowest BCUT2D eigenvalue weighted by molar-refractivity contribution is 0.0617. The second kappa shape index (κ2) is 11.0. The number of guanidine groups is 1. The molecular formula is C20H28IN3O2. The predicted molar refractivity (Wildman–Crippen MR) is 117 cm³/mol. The van der Waals surface area contributed by atoms with Gasteiger partial charge in [-0.1, -0.05) is 48.5 Å². The van der Waals surface area contributed by atoms with Gasteiger partial charge in [0, 0.05) is 12.1 Å². The van der Waals surface area contributed by atoms with E-state index < -0.39 is 5.60 Å². The summed E-state index contributed by atoms with van der Waals surface area (Å²) in [6.45, 7) is 5.39. The molecule has 26 heavy (non-hydrogen) atoms. The van der Waals surface area contributed by atoms with Crippen molar-refractivity contribution in [2.24, 2.45) is 4.99 Å². The standard InChI is InChI=1S/C20H27N3O2.HI/c1-4-21-19(22-14-16-10-8-9-13-18(16)25-3)23-15-20(2,24)17-11-6-5-7-12-17;/h5-13,24H,4,14-15H2,1-3H3,(H2,21,22,23);1H. The minimum absolute atomic E-state index is 0. The number of benzene rings is 2. The zero-order valence-electron chi connectivity index (χ0n) is 15.5. The molecule has 2 aromatic rings. The third-order valence-corrected chi connectivity index (χ3v) is 3.94. The van der Waals surface area contributed by atoms with Crippen LogP contribution in [0.2, 0.25) is 0 Å². The van der Waals surface area contributed by atoms with Gasteiger partial charge >= 0.3 is 0 Å². The van der Waals surface area contributed by atoms with Crippen molar-refractivity contribution < 1.29 is 9.84 Å². The maximum atomic E-state index is 10.7. The van der Waals surface area contributed by atoms with Crippen LogP contribution in [-0.4, -0.2) is 31.3 Å². The van der Waals surface area contributed by atoms with Crippen molar-refractivity contribution in [1.29, 1.82) is 0 Å². The third-order valence-electron chi connectivity index (χ3n) is 3.94. The molecule has 0 aliphatic carbocycles. The average Bonchev–Trinajstić information content (AvgIpc) is 2.65. The van der Waals surface area contributed by atoms with Gasteiger partial charge in [-0.3, -0.25) is 0 Å². The van der Waals surface area contributed by atoms with Gasteiger partial charge in [0.15, 0.2) is 5.96 Å². The van der Waals surface area contributed by atoms with Crippen LogP contribution in [0.4, 0.5) is 0 Å². The largest absolute Gasteiger partial charge is 0.496 e. The topological polar surface area (TPSA) is 65.9 Å². The molecule has 0 aliphatic heterocycles. The molecule has 0 aliphatic rings. The first-order valence-corrected chi connectivity index (χ1v) is 8.49. The fourth-order valence-electron chi connectivity index (χ4n) is 2.49. The minimum Gasteiger partial charge on any atom is -0.496 e. The Morgan fingerprint density at radius 2 is 1.73 bits per heavy atom. The number of aliphatic hydroxyl groups is 1. The summed E-state index contributed by atoms with van der Waals surface area (Å²) in [5.41, 5.74) is 0.891. The van der Waals surface area contributed by atoms with Crippen molar-refractivity contribution in [2.75, 3.05) is 20.2 Å². The summed E-state index contributed by atoms with van der Waals surface area (Å²) in [5, 5.41) is 17.1. The van der Waals surface area contributed by atoms with Gasteiger partial charge in [0.05, 0.1) is 20.2 Å². The van der Waals surface area contributed by atoms with E-state index in [1.807, 2.05) is 61.5 Å². The Morgan fingerprint density at radius 3 is 2.38 bits per heavy atom. The predicted octanol–water partition coefficient (Wildman–Crippen LogP) is 3.28. The maximum Gasteiger partial charge on any atom is 0.191 e. The molecule has 6 heteroatoms. The van der Waals surface area contributed by atoms with E-state index in [9.17, 15) is 5.11 Å². The second-order valence-electron chi connectivity index (χ2n) is 6.00. The van der Waals surface area contributed by atoms with Crippen molar-refractivity contribution >= 4 is 29.9 Å². The molecule has 0 aromatic heterocycles. The fourth-order valence-corrected chi connectivity index (χ4v) is 2.49. The Morgan fingerprint density at radius 1 is 1.08 bits per heavy atom. The number of aliphatic imine (C=N–C) groups is 1. The van der Waals surface area contributed by atoms with Crippen LogP contribution in [0.5, 0.6) is 5.75 Å². The zero-order chi connectivity index (χ0) is 18.1. The van der Waals surface area contributed by atoms with E-state index in [0.29, 0.717) is 19.0 Å². The number of ether oxygens (including phenoxy) is 1. The van der Waals surface area contributed by atoms with Crippen LogP contribution in [0.15, 0.2) is 59.6 Å². The molecule has 0 saturated heterocycles. The van der Waals surface area contributed by atoms with Crippen molar-refractivity contribution in [3.05, 3.63) is 65.7 Å². The van der Waals surface area contributed by atoms with Crippen LogP contribution in [-0.2, 0) is 12.1 Å². The van der Waals surface area contributed by atoms with Crippen molar-refractivity contribution in [1.82, 2.24) is 10.6 Å². The molecule has 0 bridgehead atoms. The number of methoxy groups -OCH3 is 1. The highest BCUT2D eigenvalue weighted by Gasteiger charge is 2.22. The number of hydrogen-bond donors (Lipinski definition) is 3. The third kappa shape index (κ3) is 6.49. The number of hydrogen-bond acceptors (Lipinski definition) is 3. The fraction of sp³-hybridized carbons (Fsp3) is 0.350. The molecule has 1 atom stereocenters. The van der Waals surface area contributed by atoms with E-state index in [2.05, 4.69) is 15.6 Å². The summed E-state index contributed by atoms with van der Waals surface area (Å²) in [6, 6.07) is 17.4. The lowest BCUT2D eigenvalue weighted by atomic mass is 9.96. The lowest BCUT2D eigenvalue weighted by Gasteiger charge is -2.25. The summed E-state index contributed by atoms with van der Waals surface area (Å²) < 4.78 is 5.36. The first-order chi connectivity index (χ1) is 12.1. The molecule has 0 heterocycles. The highest BCUT2D eigenvalue weighted by Crippen LogP contribution is 2.19. The van der Waals surface area contributed by atoms with Crippen molar-refractivity contribution in [3.63, 3.8) is 0 Å². The normalized spacial score (nSPS) is 13.3. The molecule has 2 rings (SSSR count). The van der Waals surface area contributed by atoms with Crippen LogP contribution >= 0.6 is 24.0 Å². The summed E-state index contributed by atoms with van der Waals surface area (Å²) in [6.07, 6.45) is 0. The van der Waals surface area contributed by atoms with Gasteiger partial charge in [-0.05, 0) is 25.5 Å². The Balaban J connectivity index is 0.00000338. The Bertz CT molecular complexity index is 690. The van der Waals surface area contributed by atoms with Crippen LogP contribution in [0.1, 0.15) is 25.0 Å². The zero-order valence-corrected chi connectivity index (χ0v) is 17.9. The first kappa shape index (κ1) is 22.2. The number of nitrogens with zero attached hydrogens (tertiary/aromatic N) is 1. The Hall–Kier alpha value is -1.80. The van der Waals surface area contributed by atoms with E-state index in [0.717, 1.165) is 23.4 Å². The highest BCUT2D eigenvalue weighted by molar-refractivity contribution is 14.0. The molecule has 0 saturated carbocycles. The van der Waals surface area contributed by atoms with E-state index in [1.165, 1.54) is 0 Å². The average molecular weight is 469 g/mol. The molecule has 142 valence electrons. The van der Waals surface area contributed by atoms with Crippen molar-refractivity contribution in [2.45, 2.75) is 26.0 Å². The van der Waals surface area contributed by atoms with Crippen molar-refractivity contribution in [3.8, 4) is 5.75 Å². The van der Waals surface area contributed by atoms with Gasteiger partial charge in [0.25, 0.3) is 0 Å². The molecule has 0 spiro atoms. The quantitative estimate of drug-likeness (QED) is 0.331. The van der Waals surface area contributed by atoms with E-state index >= 15 is 0 Å². The van der Waals surface area contributed by atoms with Crippen LogP contribution < -0.4 is 15.4 Å². The van der Waals surface area contributed by atoms with Gasteiger partial charge in [-0.15, -0.1) is 24.0 Å². The Kier molecular flexibility index (Phi) is 9.43. The molecule has 0 radical (unpaired) electrons. The van der Waals surface area contributed by atoms with Gasteiger partial charge in [-0.25, -0.2) is 4.99 Å². The van der Waals surface area contributed by atoms with Gasteiger partial charge in [0.2, 0.25) is 0 Å². The first-order valence-electron chi connectivity index (χ1n) is 8.49. The summed E-state index contributed by atoms with van der Waals surface area (Å²) in [5.74, 6) is 1.47. The van der Waals surface area contributed by atoms with E-state index in [-0.39, 0.29) is 24.0 Å². The number of nitrogens with one attached hydrogen (secondary N) is 2.